The summed E-state index contributed by atoms with van der Waals surface area (Å²) in [6.45, 7) is 4.28. The number of hydrogen-bond acceptors (Lipinski definition) is 3. The van der Waals surface area contributed by atoms with E-state index < -0.39 is 10.1 Å². The van der Waals surface area contributed by atoms with Gasteiger partial charge in [-0.05, 0) is 97.9 Å². The molecule has 0 heterocycles. The first-order valence-corrected chi connectivity index (χ1v) is 13.9. The van der Waals surface area contributed by atoms with Crippen LogP contribution in [0.15, 0.2) is 4.90 Å². The molecule has 4 heteroatoms. The predicted molar refractivity (Wildman–Crippen MR) is 121 cm³/mol. The fourth-order valence-corrected chi connectivity index (χ4v) is 8.27. The third-order valence-corrected chi connectivity index (χ3v) is 9.34. The third kappa shape index (κ3) is 4.37. The van der Waals surface area contributed by atoms with Crippen molar-refractivity contribution in [3.63, 3.8) is 0 Å². The summed E-state index contributed by atoms with van der Waals surface area (Å²) in [5, 5.41) is 0. The van der Waals surface area contributed by atoms with E-state index in [0.29, 0.717) is 5.92 Å². The molecule has 3 fully saturated rings. The number of benzene rings is 1. The fourth-order valence-electron chi connectivity index (χ4n) is 7.10. The lowest BCUT2D eigenvalue weighted by Gasteiger charge is -2.37. The highest BCUT2D eigenvalue weighted by molar-refractivity contribution is 7.85. The van der Waals surface area contributed by atoms with Gasteiger partial charge in [-0.25, -0.2) is 8.42 Å². The van der Waals surface area contributed by atoms with E-state index in [2.05, 4.69) is 13.8 Å². The van der Waals surface area contributed by atoms with Gasteiger partial charge >= 0.3 is 0 Å². The zero-order chi connectivity index (χ0) is 21.3. The summed E-state index contributed by atoms with van der Waals surface area (Å²) in [6, 6.07) is 0. The van der Waals surface area contributed by atoms with Crippen molar-refractivity contribution in [2.45, 2.75) is 133 Å². The van der Waals surface area contributed by atoms with Crippen LogP contribution in [0.1, 0.15) is 142 Å². The van der Waals surface area contributed by atoms with Gasteiger partial charge in [0.2, 0.25) is 0 Å². The van der Waals surface area contributed by atoms with Crippen LogP contribution in [0.4, 0.5) is 0 Å². The van der Waals surface area contributed by atoms with Crippen LogP contribution in [0.5, 0.6) is 0 Å². The predicted octanol–water partition coefficient (Wildman–Crippen LogP) is 7.35. The van der Waals surface area contributed by atoms with Gasteiger partial charge in [-0.2, -0.15) is 0 Å². The SMILES string of the molecule is Cc1c(C2CCCCC2)c(C)c(C2CCCCC2)c(S(=O)(=O)[O-])c1C1CCCCC1. The minimum Gasteiger partial charge on any atom is -0.744 e. The summed E-state index contributed by atoms with van der Waals surface area (Å²) in [7, 11) is -4.51. The van der Waals surface area contributed by atoms with Crippen LogP contribution in [-0.2, 0) is 10.1 Å². The Morgan fingerprint density at radius 3 is 1.17 bits per heavy atom. The molecular formula is C26H39O3S-. The van der Waals surface area contributed by atoms with Crippen LogP contribution in [0.3, 0.4) is 0 Å². The molecule has 0 atom stereocenters. The maximum absolute atomic E-state index is 12.8. The lowest BCUT2D eigenvalue weighted by atomic mass is 9.71. The van der Waals surface area contributed by atoms with Crippen LogP contribution >= 0.6 is 0 Å². The lowest BCUT2D eigenvalue weighted by molar-refractivity contribution is 0.407. The van der Waals surface area contributed by atoms with Gasteiger partial charge in [-0.15, -0.1) is 0 Å². The van der Waals surface area contributed by atoms with E-state index in [0.717, 1.165) is 73.6 Å². The quantitative estimate of drug-likeness (QED) is 0.468. The topological polar surface area (TPSA) is 57.2 Å². The molecule has 1 aromatic rings. The Balaban J connectivity index is 1.98. The minimum atomic E-state index is -4.51. The van der Waals surface area contributed by atoms with Crippen molar-refractivity contribution < 1.29 is 13.0 Å². The molecular weight excluding hydrogens is 392 g/mol. The average molecular weight is 432 g/mol. The highest BCUT2D eigenvalue weighted by atomic mass is 32.2. The summed E-state index contributed by atoms with van der Waals surface area (Å²) in [5.74, 6) is 1.01. The first kappa shape index (κ1) is 22.3. The minimum absolute atomic E-state index is 0.218. The Hall–Kier alpha value is -0.870. The van der Waals surface area contributed by atoms with Crippen molar-refractivity contribution in [1.29, 1.82) is 0 Å². The van der Waals surface area contributed by atoms with Gasteiger partial charge in [0, 0.05) is 0 Å². The maximum atomic E-state index is 12.8. The fraction of sp³-hybridized carbons (Fsp3) is 0.769. The highest BCUT2D eigenvalue weighted by Crippen LogP contribution is 2.49. The van der Waals surface area contributed by atoms with Gasteiger partial charge in [0.25, 0.3) is 0 Å². The van der Waals surface area contributed by atoms with Gasteiger partial charge in [0.05, 0.1) is 4.90 Å². The Kier molecular flexibility index (Phi) is 6.94. The molecule has 0 bridgehead atoms. The highest BCUT2D eigenvalue weighted by Gasteiger charge is 2.34. The first-order chi connectivity index (χ1) is 14.4. The van der Waals surface area contributed by atoms with Crippen LogP contribution in [0.25, 0.3) is 0 Å². The largest absolute Gasteiger partial charge is 0.744 e. The van der Waals surface area contributed by atoms with E-state index in [-0.39, 0.29) is 16.7 Å². The number of rotatable bonds is 4. The van der Waals surface area contributed by atoms with Gasteiger partial charge in [0.1, 0.15) is 10.1 Å². The van der Waals surface area contributed by atoms with Crippen LogP contribution in [0.2, 0.25) is 0 Å². The van der Waals surface area contributed by atoms with E-state index in [4.69, 9.17) is 0 Å². The van der Waals surface area contributed by atoms with E-state index in [9.17, 15) is 13.0 Å². The van der Waals surface area contributed by atoms with Crippen molar-refractivity contribution in [3.05, 3.63) is 27.8 Å². The van der Waals surface area contributed by atoms with E-state index in [1.54, 1.807) is 0 Å². The molecule has 0 unspecified atom stereocenters. The normalized spacial score (nSPS) is 23.0. The second-order valence-electron chi connectivity index (χ2n) is 10.3. The molecule has 30 heavy (non-hydrogen) atoms. The van der Waals surface area contributed by atoms with E-state index in [1.807, 2.05) is 0 Å². The Labute approximate surface area is 183 Å². The molecule has 0 N–H and O–H groups in total. The zero-order valence-electron chi connectivity index (χ0n) is 19.0. The molecule has 3 aliphatic carbocycles. The molecule has 0 aliphatic heterocycles. The van der Waals surface area contributed by atoms with Crippen molar-refractivity contribution in [1.82, 2.24) is 0 Å². The third-order valence-electron chi connectivity index (χ3n) is 8.40. The molecule has 0 radical (unpaired) electrons. The molecule has 0 spiro atoms. The van der Waals surface area contributed by atoms with E-state index in [1.165, 1.54) is 50.5 Å². The first-order valence-electron chi connectivity index (χ1n) is 12.5. The summed E-state index contributed by atoms with van der Waals surface area (Å²) in [5.41, 5.74) is 5.61. The zero-order valence-corrected chi connectivity index (χ0v) is 19.8. The van der Waals surface area contributed by atoms with Crippen molar-refractivity contribution in [2.24, 2.45) is 0 Å². The van der Waals surface area contributed by atoms with Gasteiger partial charge in [-0.1, -0.05) is 57.8 Å². The summed E-state index contributed by atoms with van der Waals surface area (Å²) in [4.78, 5) is 0.218. The Morgan fingerprint density at radius 2 is 0.867 bits per heavy atom. The molecule has 168 valence electrons. The molecule has 4 rings (SSSR count). The lowest BCUT2D eigenvalue weighted by Crippen LogP contribution is -2.22. The summed E-state index contributed by atoms with van der Waals surface area (Å²) in [6.07, 6.45) is 17.4. The smallest absolute Gasteiger partial charge is 0.125 e. The van der Waals surface area contributed by atoms with Crippen LogP contribution in [0, 0.1) is 13.8 Å². The number of hydrogen-bond donors (Lipinski definition) is 0. The molecule has 0 saturated heterocycles. The standard InChI is InChI=1S/C26H40O3S/c1-18-23(20-12-6-3-7-13-20)19(2)25(22-16-10-5-11-17-22)26(30(27,28)29)24(18)21-14-8-4-9-15-21/h20-22H,3-17H2,1-2H3,(H,27,28,29)/p-1. The van der Waals surface area contributed by atoms with Gasteiger partial charge in [0.15, 0.2) is 0 Å². The van der Waals surface area contributed by atoms with Crippen molar-refractivity contribution >= 4 is 10.1 Å². The van der Waals surface area contributed by atoms with Gasteiger partial charge in [-0.3, -0.25) is 0 Å². The monoisotopic (exact) mass is 431 g/mol. The van der Waals surface area contributed by atoms with Gasteiger partial charge < -0.3 is 4.55 Å². The Bertz CT molecular complexity index is 808. The molecule has 0 amide bonds. The Morgan fingerprint density at radius 1 is 0.567 bits per heavy atom. The van der Waals surface area contributed by atoms with Crippen LogP contribution in [-0.4, -0.2) is 13.0 Å². The van der Waals surface area contributed by atoms with Crippen LogP contribution < -0.4 is 0 Å². The molecule has 3 saturated carbocycles. The maximum Gasteiger partial charge on any atom is 0.125 e. The summed E-state index contributed by atoms with van der Waals surface area (Å²) < 4.78 is 38.4. The summed E-state index contributed by atoms with van der Waals surface area (Å²) >= 11 is 0. The molecule has 0 aromatic heterocycles. The molecule has 1 aromatic carbocycles. The second-order valence-corrected chi connectivity index (χ2v) is 11.6. The van der Waals surface area contributed by atoms with Crippen molar-refractivity contribution in [3.8, 4) is 0 Å². The van der Waals surface area contributed by atoms with Crippen molar-refractivity contribution in [2.75, 3.05) is 0 Å². The molecule has 3 nitrogen and oxygen atoms in total. The molecule has 3 aliphatic rings. The second kappa shape index (κ2) is 9.32. The average Bonchev–Trinajstić information content (AvgIpc) is 2.75. The van der Waals surface area contributed by atoms with E-state index >= 15 is 0 Å².